The van der Waals surface area contributed by atoms with Gasteiger partial charge in [0.2, 0.25) is 0 Å². The summed E-state index contributed by atoms with van der Waals surface area (Å²) in [6, 6.07) is 1.31. The third kappa shape index (κ3) is 2.08. The Morgan fingerprint density at radius 1 is 1.27 bits per heavy atom. The second-order valence-corrected chi connectivity index (χ2v) is 5.60. The van der Waals surface area contributed by atoms with Gasteiger partial charge in [0, 0.05) is 0 Å². The first-order chi connectivity index (χ1) is 9.92. The van der Waals surface area contributed by atoms with Crippen LogP contribution in [-0.2, 0) is 10.3 Å². The van der Waals surface area contributed by atoms with E-state index in [-0.39, 0.29) is 5.69 Å². The number of carbonyl (C=O) groups excluding carboxylic acids is 1. The zero-order valence-electron chi connectivity index (χ0n) is 12.2. The number of aromatic nitrogens is 1. The van der Waals surface area contributed by atoms with Gasteiger partial charge in [-0.25, -0.2) is 14.4 Å². The lowest BCUT2D eigenvalue weighted by atomic mass is 9.79. The predicted octanol–water partition coefficient (Wildman–Crippen LogP) is 1.29. The molecule has 1 unspecified atom stereocenters. The van der Waals surface area contributed by atoms with Crippen LogP contribution in [0.25, 0.3) is 0 Å². The third-order valence-electron chi connectivity index (χ3n) is 3.62. The fourth-order valence-corrected chi connectivity index (χ4v) is 2.35. The highest BCUT2D eigenvalue weighted by atomic mass is 19.3. The number of amides is 1. The van der Waals surface area contributed by atoms with Crippen molar-refractivity contribution >= 4 is 11.9 Å². The maximum absolute atomic E-state index is 14.8. The number of amidine groups is 1. The average molecular weight is 316 g/mol. The summed E-state index contributed by atoms with van der Waals surface area (Å²) >= 11 is 0. The first kappa shape index (κ1) is 16.1. The Hall–Kier alpha value is -2.32. The number of halogens is 3. The molecule has 1 aliphatic heterocycles. The molecule has 0 aliphatic carbocycles. The van der Waals surface area contributed by atoms with Crippen LogP contribution >= 0.6 is 0 Å². The van der Waals surface area contributed by atoms with E-state index in [4.69, 9.17) is 16.2 Å². The number of nitrogens with zero attached hydrogens (tertiary/aromatic N) is 2. The molecule has 2 heterocycles. The van der Waals surface area contributed by atoms with Gasteiger partial charge in [0.25, 0.3) is 11.9 Å². The molecule has 0 saturated carbocycles. The molecule has 1 amide bonds. The van der Waals surface area contributed by atoms with Gasteiger partial charge in [-0.1, -0.05) is 0 Å². The van der Waals surface area contributed by atoms with Crippen LogP contribution in [0.2, 0.25) is 0 Å². The monoisotopic (exact) mass is 316 g/mol. The van der Waals surface area contributed by atoms with Gasteiger partial charge in [-0.2, -0.15) is 8.78 Å². The molecule has 1 aromatic heterocycles. The van der Waals surface area contributed by atoms with Crippen molar-refractivity contribution in [1.29, 1.82) is 0 Å². The molecule has 9 heteroatoms. The first-order valence-corrected chi connectivity index (χ1v) is 6.31. The summed E-state index contributed by atoms with van der Waals surface area (Å²) in [6.45, 7) is 3.17. The van der Waals surface area contributed by atoms with E-state index in [1.807, 2.05) is 0 Å². The van der Waals surface area contributed by atoms with E-state index < -0.39 is 40.5 Å². The number of hydrogen-bond acceptors (Lipinski definition) is 5. The Balaban J connectivity index is 2.75. The molecule has 0 bridgehead atoms. The molecular weight excluding hydrogens is 301 g/mol. The normalized spacial score (nSPS) is 26.0. The minimum absolute atomic E-state index is 0.355. The molecule has 22 heavy (non-hydrogen) atoms. The van der Waals surface area contributed by atoms with E-state index >= 15 is 0 Å². The molecule has 0 saturated heterocycles. The maximum Gasteiger partial charge on any atom is 0.316 e. The fourth-order valence-electron chi connectivity index (χ4n) is 2.35. The van der Waals surface area contributed by atoms with Crippen LogP contribution in [0.5, 0.6) is 0 Å². The summed E-state index contributed by atoms with van der Waals surface area (Å²) in [7, 11) is 0. The van der Waals surface area contributed by atoms with Crippen molar-refractivity contribution in [2.45, 2.75) is 37.8 Å². The number of hydrogen-bond donors (Lipinski definition) is 2. The van der Waals surface area contributed by atoms with Gasteiger partial charge in [-0.3, -0.25) is 4.79 Å². The zero-order valence-corrected chi connectivity index (χ0v) is 12.2. The summed E-state index contributed by atoms with van der Waals surface area (Å²) < 4.78 is 48.5. The Morgan fingerprint density at radius 3 is 2.41 bits per heavy atom. The van der Waals surface area contributed by atoms with Crippen molar-refractivity contribution in [3.05, 3.63) is 29.3 Å². The van der Waals surface area contributed by atoms with E-state index in [1.165, 1.54) is 0 Å². The van der Waals surface area contributed by atoms with Crippen LogP contribution in [-0.4, -0.2) is 28.4 Å². The summed E-state index contributed by atoms with van der Waals surface area (Å²) in [6.07, 6.45) is 0. The van der Waals surface area contributed by atoms with E-state index in [1.54, 1.807) is 0 Å². The van der Waals surface area contributed by atoms with Gasteiger partial charge in [0.15, 0.2) is 11.1 Å². The molecule has 1 aromatic rings. The van der Waals surface area contributed by atoms with Crippen LogP contribution in [0.15, 0.2) is 17.1 Å². The molecule has 6 nitrogen and oxygen atoms in total. The minimum atomic E-state index is -3.66. The molecule has 0 aromatic carbocycles. The van der Waals surface area contributed by atoms with Crippen LogP contribution in [0.3, 0.4) is 0 Å². The number of carbonyl (C=O) groups is 1. The number of ether oxygens (including phenoxy) is 1. The summed E-state index contributed by atoms with van der Waals surface area (Å²) in [5, 5.41) is 0. The first-order valence-electron chi connectivity index (χ1n) is 6.31. The lowest BCUT2D eigenvalue weighted by Gasteiger charge is -2.46. The van der Waals surface area contributed by atoms with Crippen molar-refractivity contribution < 1.29 is 22.7 Å². The number of nitrogens with two attached hydrogens (primary N) is 2. The van der Waals surface area contributed by atoms with Crippen molar-refractivity contribution in [3.63, 3.8) is 0 Å². The van der Waals surface area contributed by atoms with Crippen molar-refractivity contribution in [1.82, 2.24) is 4.98 Å². The smallest absolute Gasteiger partial charge is 0.316 e. The van der Waals surface area contributed by atoms with Gasteiger partial charge in [0.1, 0.15) is 17.2 Å². The molecule has 120 valence electrons. The average Bonchev–Trinajstić information content (AvgIpc) is 2.35. The Kier molecular flexibility index (Phi) is 3.35. The van der Waals surface area contributed by atoms with Crippen molar-refractivity contribution in [2.24, 2.45) is 16.5 Å². The minimum Gasteiger partial charge on any atom is -0.453 e. The fraction of sp³-hybridized carbons (Fsp3) is 0.462. The number of alkyl halides is 2. The van der Waals surface area contributed by atoms with E-state index in [2.05, 4.69) is 9.98 Å². The molecule has 4 N–H and O–H groups in total. The largest absolute Gasteiger partial charge is 0.453 e. The molecule has 1 atom stereocenters. The molecule has 2 rings (SSSR count). The number of rotatable bonds is 2. The van der Waals surface area contributed by atoms with Gasteiger partial charge in [0.05, 0.1) is 0 Å². The molecule has 0 radical (unpaired) electrons. The summed E-state index contributed by atoms with van der Waals surface area (Å²) in [5.41, 5.74) is 4.92. The van der Waals surface area contributed by atoms with Gasteiger partial charge in [-0.05, 0) is 32.9 Å². The van der Waals surface area contributed by atoms with Gasteiger partial charge < -0.3 is 16.2 Å². The quantitative estimate of drug-likeness (QED) is 0.858. The molecule has 0 spiro atoms. The second kappa shape index (κ2) is 4.59. The van der Waals surface area contributed by atoms with Crippen molar-refractivity contribution in [3.8, 4) is 0 Å². The van der Waals surface area contributed by atoms with Crippen LogP contribution in [0, 0.1) is 5.82 Å². The summed E-state index contributed by atoms with van der Waals surface area (Å²) in [4.78, 5) is 18.3. The number of pyridine rings is 1. The lowest BCUT2D eigenvalue weighted by Crippen LogP contribution is -2.62. The topological polar surface area (TPSA) is 104 Å². The highest BCUT2D eigenvalue weighted by molar-refractivity contribution is 5.90. The van der Waals surface area contributed by atoms with Gasteiger partial charge in [-0.15, -0.1) is 0 Å². The Bertz CT molecular complexity index is 675. The van der Waals surface area contributed by atoms with Gasteiger partial charge >= 0.3 is 5.92 Å². The summed E-state index contributed by atoms with van der Waals surface area (Å²) in [5.74, 6) is -5.69. The highest BCUT2D eigenvalue weighted by Gasteiger charge is 2.67. The molecule has 1 aliphatic rings. The maximum atomic E-state index is 14.8. The van der Waals surface area contributed by atoms with Crippen molar-refractivity contribution in [2.75, 3.05) is 0 Å². The van der Waals surface area contributed by atoms with E-state index in [9.17, 15) is 18.0 Å². The highest BCUT2D eigenvalue weighted by Crippen LogP contribution is 2.51. The van der Waals surface area contributed by atoms with Crippen LogP contribution in [0.4, 0.5) is 13.2 Å². The lowest BCUT2D eigenvalue weighted by molar-refractivity contribution is -0.208. The number of aliphatic imine (C=N–C) groups is 1. The Morgan fingerprint density at radius 2 is 1.86 bits per heavy atom. The van der Waals surface area contributed by atoms with Crippen LogP contribution < -0.4 is 11.5 Å². The second-order valence-electron chi connectivity index (χ2n) is 5.60. The number of primary amides is 1. The van der Waals surface area contributed by atoms with E-state index in [0.717, 1.165) is 32.9 Å². The zero-order chi connectivity index (χ0) is 16.9. The Labute approximate surface area is 124 Å². The van der Waals surface area contributed by atoms with Crippen LogP contribution in [0.1, 0.15) is 37.0 Å². The molecular formula is C13H15F3N4O2. The van der Waals surface area contributed by atoms with E-state index in [0.29, 0.717) is 0 Å². The SMILES string of the molecule is CC1(C)OC(N)=NC(C)(c2nc(C(N)=O)ccc2F)C1(F)F. The predicted molar refractivity (Wildman–Crippen MR) is 71.8 cm³/mol. The third-order valence-corrected chi connectivity index (χ3v) is 3.62. The molecule has 0 fully saturated rings. The standard InChI is InChI=1S/C13H15F3N4O2/c1-11(2)13(15,16)12(3,20-10(18)22-11)8-6(14)4-5-7(19-8)9(17)21/h4-5H,1-3H3,(H2,17,21)(H2,18,20).